The molecule has 1 rings (SSSR count). The lowest BCUT2D eigenvalue weighted by Gasteiger charge is -1.99. The summed E-state index contributed by atoms with van der Waals surface area (Å²) in [6, 6.07) is 0. The number of nitrogens with zero attached hydrogens (tertiary/aromatic N) is 1. The van der Waals surface area contributed by atoms with E-state index in [0.717, 1.165) is 28.5 Å². The Morgan fingerprint density at radius 1 is 1.50 bits per heavy atom. The van der Waals surface area contributed by atoms with Gasteiger partial charge in [0.15, 0.2) is 5.13 Å². The summed E-state index contributed by atoms with van der Waals surface area (Å²) >= 11 is 1.53. The van der Waals surface area contributed by atoms with Crippen LogP contribution in [0.4, 0.5) is 5.13 Å². The van der Waals surface area contributed by atoms with Gasteiger partial charge in [0.25, 0.3) is 0 Å². The van der Waals surface area contributed by atoms with Crippen molar-refractivity contribution in [1.29, 1.82) is 0 Å². The van der Waals surface area contributed by atoms with Gasteiger partial charge in [-0.2, -0.15) is 0 Å². The molecule has 3 nitrogen and oxygen atoms in total. The van der Waals surface area contributed by atoms with Crippen molar-refractivity contribution in [2.45, 2.75) is 40.0 Å². The Balaban J connectivity index is 2.48. The maximum absolute atomic E-state index is 11.3. The predicted molar refractivity (Wildman–Crippen MR) is 59.7 cm³/mol. The minimum Gasteiger partial charge on any atom is -0.302 e. The quantitative estimate of drug-likeness (QED) is 0.833. The lowest BCUT2D eigenvalue weighted by molar-refractivity contribution is -0.116. The van der Waals surface area contributed by atoms with Crippen LogP contribution in [0.2, 0.25) is 0 Å². The summed E-state index contributed by atoms with van der Waals surface area (Å²) in [7, 11) is 0. The number of hydrogen-bond acceptors (Lipinski definition) is 3. The third-order valence-corrected chi connectivity index (χ3v) is 3.02. The third kappa shape index (κ3) is 3.10. The van der Waals surface area contributed by atoms with Gasteiger partial charge in [-0.25, -0.2) is 4.98 Å². The van der Waals surface area contributed by atoms with E-state index >= 15 is 0 Å². The van der Waals surface area contributed by atoms with Gasteiger partial charge in [-0.1, -0.05) is 13.3 Å². The van der Waals surface area contributed by atoms with E-state index in [1.54, 1.807) is 0 Å². The second-order valence-corrected chi connectivity index (χ2v) is 4.52. The van der Waals surface area contributed by atoms with Crippen LogP contribution < -0.4 is 5.32 Å². The van der Waals surface area contributed by atoms with E-state index in [1.807, 2.05) is 13.8 Å². The first-order valence-electron chi connectivity index (χ1n) is 4.87. The SMILES string of the molecule is CCCCC(=O)Nc1nc(C)c(C)s1. The first-order valence-corrected chi connectivity index (χ1v) is 5.69. The zero-order valence-corrected chi connectivity index (χ0v) is 9.70. The van der Waals surface area contributed by atoms with E-state index in [0.29, 0.717) is 6.42 Å². The van der Waals surface area contributed by atoms with E-state index in [4.69, 9.17) is 0 Å². The second-order valence-electron chi connectivity index (χ2n) is 3.31. The predicted octanol–water partition coefficient (Wildman–Crippen LogP) is 2.89. The van der Waals surface area contributed by atoms with Crippen LogP contribution in [0.3, 0.4) is 0 Å². The fourth-order valence-electron chi connectivity index (χ4n) is 1.05. The Morgan fingerprint density at radius 3 is 2.71 bits per heavy atom. The number of rotatable bonds is 4. The number of nitrogens with one attached hydrogen (secondary N) is 1. The lowest BCUT2D eigenvalue weighted by Crippen LogP contribution is -2.10. The largest absolute Gasteiger partial charge is 0.302 e. The molecular formula is C10H16N2OS. The first-order chi connectivity index (χ1) is 6.63. The molecule has 0 saturated heterocycles. The summed E-state index contributed by atoms with van der Waals surface area (Å²) in [5.74, 6) is 0.0700. The summed E-state index contributed by atoms with van der Waals surface area (Å²) < 4.78 is 0. The fraction of sp³-hybridized carbons (Fsp3) is 0.600. The average Bonchev–Trinajstić information content (AvgIpc) is 2.42. The van der Waals surface area contributed by atoms with Crippen LogP contribution in [0.25, 0.3) is 0 Å². The van der Waals surface area contributed by atoms with Crippen LogP contribution in [-0.4, -0.2) is 10.9 Å². The van der Waals surface area contributed by atoms with Gasteiger partial charge in [0.1, 0.15) is 0 Å². The molecule has 1 heterocycles. The highest BCUT2D eigenvalue weighted by Crippen LogP contribution is 2.21. The summed E-state index contributed by atoms with van der Waals surface area (Å²) in [6.07, 6.45) is 2.58. The van der Waals surface area contributed by atoms with Gasteiger partial charge >= 0.3 is 0 Å². The van der Waals surface area contributed by atoms with E-state index in [1.165, 1.54) is 11.3 Å². The average molecular weight is 212 g/mol. The van der Waals surface area contributed by atoms with Gasteiger partial charge in [0.05, 0.1) is 5.69 Å². The van der Waals surface area contributed by atoms with Crippen molar-refractivity contribution in [3.63, 3.8) is 0 Å². The van der Waals surface area contributed by atoms with Crippen molar-refractivity contribution in [2.75, 3.05) is 5.32 Å². The van der Waals surface area contributed by atoms with Crippen LogP contribution in [0.5, 0.6) is 0 Å². The Labute approximate surface area is 88.6 Å². The van der Waals surface area contributed by atoms with Gasteiger partial charge in [-0.05, 0) is 20.3 Å². The van der Waals surface area contributed by atoms with Crippen LogP contribution in [0, 0.1) is 13.8 Å². The molecule has 1 aromatic rings. The van der Waals surface area contributed by atoms with Crippen molar-refractivity contribution in [2.24, 2.45) is 0 Å². The van der Waals surface area contributed by atoms with Crippen molar-refractivity contribution in [3.05, 3.63) is 10.6 Å². The minimum atomic E-state index is 0.0700. The summed E-state index contributed by atoms with van der Waals surface area (Å²) in [5.41, 5.74) is 1.00. The van der Waals surface area contributed by atoms with Crippen molar-refractivity contribution in [1.82, 2.24) is 4.98 Å². The Hall–Kier alpha value is -0.900. The molecule has 4 heteroatoms. The first kappa shape index (κ1) is 11.2. The maximum atomic E-state index is 11.3. The molecule has 0 spiro atoms. The molecular weight excluding hydrogens is 196 g/mol. The molecule has 0 atom stereocenters. The molecule has 1 aromatic heterocycles. The van der Waals surface area contributed by atoms with Crippen molar-refractivity contribution in [3.8, 4) is 0 Å². The second kappa shape index (κ2) is 5.10. The van der Waals surface area contributed by atoms with Crippen molar-refractivity contribution >= 4 is 22.4 Å². The molecule has 0 aliphatic rings. The zero-order chi connectivity index (χ0) is 10.6. The minimum absolute atomic E-state index is 0.0700. The third-order valence-electron chi connectivity index (χ3n) is 2.03. The summed E-state index contributed by atoms with van der Waals surface area (Å²) in [5, 5.41) is 3.53. The summed E-state index contributed by atoms with van der Waals surface area (Å²) in [6.45, 7) is 6.03. The Bertz CT molecular complexity index is 300. The highest BCUT2D eigenvalue weighted by Gasteiger charge is 2.06. The molecule has 0 aliphatic heterocycles. The molecule has 0 saturated carbocycles. The van der Waals surface area contributed by atoms with Gasteiger partial charge in [0, 0.05) is 11.3 Å². The molecule has 0 aliphatic carbocycles. The Kier molecular flexibility index (Phi) is 4.07. The fourth-order valence-corrected chi connectivity index (χ4v) is 1.88. The number of unbranched alkanes of at least 4 members (excludes halogenated alkanes) is 1. The molecule has 78 valence electrons. The monoisotopic (exact) mass is 212 g/mol. The molecule has 0 aromatic carbocycles. The number of aromatic nitrogens is 1. The number of anilines is 1. The zero-order valence-electron chi connectivity index (χ0n) is 8.89. The van der Waals surface area contributed by atoms with E-state index in [-0.39, 0.29) is 5.91 Å². The molecule has 0 radical (unpaired) electrons. The number of thiazole rings is 1. The van der Waals surface area contributed by atoms with Crippen LogP contribution in [0.1, 0.15) is 36.8 Å². The summed E-state index contributed by atoms with van der Waals surface area (Å²) in [4.78, 5) is 16.8. The van der Waals surface area contributed by atoms with Crippen LogP contribution in [-0.2, 0) is 4.79 Å². The molecule has 0 bridgehead atoms. The number of hydrogen-bond donors (Lipinski definition) is 1. The molecule has 1 N–H and O–H groups in total. The van der Waals surface area contributed by atoms with E-state index < -0.39 is 0 Å². The van der Waals surface area contributed by atoms with Gasteiger partial charge in [0.2, 0.25) is 5.91 Å². The number of carbonyl (C=O) groups is 1. The highest BCUT2D eigenvalue weighted by atomic mass is 32.1. The molecule has 0 fully saturated rings. The van der Waals surface area contributed by atoms with E-state index in [9.17, 15) is 4.79 Å². The normalized spacial score (nSPS) is 10.2. The number of aryl methyl sites for hydroxylation is 2. The highest BCUT2D eigenvalue weighted by molar-refractivity contribution is 7.15. The molecule has 0 unspecified atom stereocenters. The molecule has 14 heavy (non-hydrogen) atoms. The maximum Gasteiger partial charge on any atom is 0.226 e. The smallest absolute Gasteiger partial charge is 0.226 e. The van der Waals surface area contributed by atoms with Crippen LogP contribution >= 0.6 is 11.3 Å². The van der Waals surface area contributed by atoms with E-state index in [2.05, 4.69) is 17.2 Å². The standard InChI is InChI=1S/C10H16N2OS/c1-4-5-6-9(13)12-10-11-7(2)8(3)14-10/h4-6H2,1-3H3,(H,11,12,13). The lowest BCUT2D eigenvalue weighted by atomic mass is 10.2. The van der Waals surface area contributed by atoms with Crippen LogP contribution in [0.15, 0.2) is 0 Å². The number of amides is 1. The van der Waals surface area contributed by atoms with Gasteiger partial charge in [-0.15, -0.1) is 11.3 Å². The Morgan fingerprint density at radius 2 is 2.21 bits per heavy atom. The van der Waals surface area contributed by atoms with Crippen molar-refractivity contribution < 1.29 is 4.79 Å². The van der Waals surface area contributed by atoms with Gasteiger partial charge < -0.3 is 5.32 Å². The molecule has 1 amide bonds. The number of carbonyl (C=O) groups excluding carboxylic acids is 1. The van der Waals surface area contributed by atoms with Gasteiger partial charge in [-0.3, -0.25) is 4.79 Å². The topological polar surface area (TPSA) is 42.0 Å².